The molecule has 1 nitrogen and oxygen atoms in total. The summed E-state index contributed by atoms with van der Waals surface area (Å²) in [6, 6.07) is 0. The normalized spacial score (nSPS) is 6.12. The highest BCUT2D eigenvalue weighted by atomic mass is 35.5. The Morgan fingerprint density at radius 3 is 0.625 bits per heavy atom. The van der Waals surface area contributed by atoms with Gasteiger partial charge >= 0.3 is 0 Å². The standard InChI is InChI=1S/C3H6O.4CH2Cl2/c1-3(2)4;4*2-1-3/h1-2H3;4*1H2. The van der Waals surface area contributed by atoms with Crippen molar-refractivity contribution in [2.24, 2.45) is 0 Å². The Morgan fingerprint density at radius 2 is 0.625 bits per heavy atom. The van der Waals surface area contributed by atoms with E-state index < -0.39 is 0 Å². The number of hydrogen-bond donors (Lipinski definition) is 0. The van der Waals surface area contributed by atoms with Gasteiger partial charge in [0.25, 0.3) is 0 Å². The van der Waals surface area contributed by atoms with Crippen molar-refractivity contribution < 1.29 is 4.79 Å². The Morgan fingerprint density at radius 1 is 0.625 bits per heavy atom. The van der Waals surface area contributed by atoms with E-state index in [0.29, 0.717) is 0 Å². The lowest BCUT2D eigenvalue weighted by Crippen LogP contribution is -1.69. The number of carbonyl (C=O) groups is 1. The van der Waals surface area contributed by atoms with Gasteiger partial charge in [0.1, 0.15) is 5.78 Å². The van der Waals surface area contributed by atoms with Crippen molar-refractivity contribution in [1.29, 1.82) is 0 Å². The maximum atomic E-state index is 9.44. The van der Waals surface area contributed by atoms with Crippen LogP contribution in [-0.2, 0) is 4.79 Å². The van der Waals surface area contributed by atoms with Gasteiger partial charge in [-0.3, -0.25) is 0 Å². The van der Waals surface area contributed by atoms with E-state index in [1.807, 2.05) is 0 Å². The third kappa shape index (κ3) is 907. The quantitative estimate of drug-likeness (QED) is 0.439. The highest BCUT2D eigenvalue weighted by Gasteiger charge is 1.62. The molecule has 0 aliphatic heterocycles. The molecule has 104 valence electrons. The van der Waals surface area contributed by atoms with E-state index in [2.05, 4.69) is 0 Å². The molecule has 0 radical (unpaired) electrons. The molecule has 16 heavy (non-hydrogen) atoms. The van der Waals surface area contributed by atoms with E-state index in [4.69, 9.17) is 92.8 Å². The molecule has 0 amide bonds. The first-order valence-electron chi connectivity index (χ1n) is 3.34. The van der Waals surface area contributed by atoms with E-state index >= 15 is 0 Å². The molecule has 9 heteroatoms. The SMILES string of the molecule is CC(C)=O.ClCCl.ClCCl.ClCCl.ClCCl. The van der Waals surface area contributed by atoms with Gasteiger partial charge in [0.2, 0.25) is 0 Å². The third-order valence-corrected chi connectivity index (χ3v) is 0. The molecule has 0 bridgehead atoms. The lowest BCUT2D eigenvalue weighted by Gasteiger charge is -1.56. The summed E-state index contributed by atoms with van der Waals surface area (Å²) in [4.78, 5) is 9.44. The number of carbonyl (C=O) groups excluding carboxylic acids is 1. The van der Waals surface area contributed by atoms with Gasteiger partial charge in [-0.2, -0.15) is 0 Å². The Bertz CT molecular complexity index is 70.8. The van der Waals surface area contributed by atoms with Gasteiger partial charge in [-0.25, -0.2) is 0 Å². The Labute approximate surface area is 138 Å². The van der Waals surface area contributed by atoms with Crippen molar-refractivity contribution in [2.45, 2.75) is 13.8 Å². The summed E-state index contributed by atoms with van der Waals surface area (Å²) in [7, 11) is 0. The van der Waals surface area contributed by atoms with Crippen molar-refractivity contribution in [2.75, 3.05) is 21.4 Å². The summed E-state index contributed by atoms with van der Waals surface area (Å²) in [5.41, 5.74) is 0. The molecule has 0 aromatic carbocycles. The number of halogens is 8. The fraction of sp³-hybridized carbons (Fsp3) is 0.857. The fourth-order valence-electron chi connectivity index (χ4n) is 0. The number of Topliss-reactive ketones (excluding diaryl/α,β-unsaturated/α-hetero) is 1. The summed E-state index contributed by atoms with van der Waals surface area (Å²) >= 11 is 38.1. The molecule has 0 saturated carbocycles. The summed E-state index contributed by atoms with van der Waals surface area (Å²) in [5.74, 6) is 0.167. The zero-order chi connectivity index (χ0) is 14.4. The van der Waals surface area contributed by atoms with E-state index in [1.165, 1.54) is 13.8 Å². The van der Waals surface area contributed by atoms with Crippen LogP contribution in [-0.4, -0.2) is 27.1 Å². The first-order valence-corrected chi connectivity index (χ1v) is 7.62. The topological polar surface area (TPSA) is 17.1 Å². The second kappa shape index (κ2) is 53.7. The monoisotopic (exact) mass is 394 g/mol. The van der Waals surface area contributed by atoms with Crippen molar-refractivity contribution >= 4 is 98.6 Å². The lowest BCUT2D eigenvalue weighted by molar-refractivity contribution is -0.114. The van der Waals surface area contributed by atoms with Crippen LogP contribution in [0, 0.1) is 0 Å². The highest BCUT2D eigenvalue weighted by molar-refractivity contribution is 6.41. The summed E-state index contributed by atoms with van der Waals surface area (Å²) in [6.45, 7) is 3.06. The second-order valence-electron chi connectivity index (χ2n) is 1.31. The number of ketones is 1. The Hall–Kier alpha value is 1.99. The molecule has 0 aromatic rings. The van der Waals surface area contributed by atoms with E-state index in [0.717, 1.165) is 0 Å². The van der Waals surface area contributed by atoms with E-state index in [1.54, 1.807) is 0 Å². The number of rotatable bonds is 0. The lowest BCUT2D eigenvalue weighted by atomic mass is 10.6. The maximum Gasteiger partial charge on any atom is 0.126 e. The molecule has 0 unspecified atom stereocenters. The minimum absolute atomic E-state index is 0.167. The van der Waals surface area contributed by atoms with Crippen LogP contribution < -0.4 is 0 Å². The predicted molar refractivity (Wildman–Crippen MR) is 82.6 cm³/mol. The van der Waals surface area contributed by atoms with Gasteiger partial charge in [-0.1, -0.05) is 0 Å². The molecule has 0 heterocycles. The van der Waals surface area contributed by atoms with Crippen molar-refractivity contribution in [3.05, 3.63) is 0 Å². The number of hydrogen-bond acceptors (Lipinski definition) is 1. The van der Waals surface area contributed by atoms with Crippen LogP contribution in [0.15, 0.2) is 0 Å². The minimum atomic E-state index is 0.167. The predicted octanol–water partition coefficient (Wildman–Crippen LogP) is 6.28. The molecule has 0 rings (SSSR count). The first-order chi connectivity index (χ1) is 7.39. The molecule has 0 aliphatic rings. The average molecular weight is 398 g/mol. The van der Waals surface area contributed by atoms with Gasteiger partial charge in [0.15, 0.2) is 0 Å². The summed E-state index contributed by atoms with van der Waals surface area (Å²) < 4.78 is 0. The first kappa shape index (κ1) is 30.8. The largest absolute Gasteiger partial charge is 0.300 e. The van der Waals surface area contributed by atoms with Gasteiger partial charge in [-0.05, 0) is 13.8 Å². The zero-order valence-electron chi connectivity index (χ0n) is 8.76. The molecule has 0 aromatic heterocycles. The molecular formula is C7H14Cl8O. The molecule has 0 spiro atoms. The van der Waals surface area contributed by atoms with Crippen LogP contribution in [0.5, 0.6) is 0 Å². The second-order valence-corrected chi connectivity index (χ2v) is 4.54. The van der Waals surface area contributed by atoms with Crippen LogP contribution >= 0.6 is 92.8 Å². The van der Waals surface area contributed by atoms with Gasteiger partial charge < -0.3 is 4.79 Å². The molecular weight excluding hydrogens is 384 g/mol. The van der Waals surface area contributed by atoms with E-state index in [9.17, 15) is 4.79 Å². The molecule has 0 N–H and O–H groups in total. The van der Waals surface area contributed by atoms with E-state index in [-0.39, 0.29) is 27.1 Å². The van der Waals surface area contributed by atoms with Gasteiger partial charge in [0.05, 0.1) is 21.4 Å². The highest BCUT2D eigenvalue weighted by Crippen LogP contribution is 1.74. The number of alkyl halides is 8. The van der Waals surface area contributed by atoms with Crippen LogP contribution in [0.3, 0.4) is 0 Å². The van der Waals surface area contributed by atoms with Crippen molar-refractivity contribution in [1.82, 2.24) is 0 Å². The van der Waals surface area contributed by atoms with Crippen LogP contribution in [0.4, 0.5) is 0 Å². The van der Waals surface area contributed by atoms with Gasteiger partial charge in [-0.15, -0.1) is 92.8 Å². The summed E-state index contributed by atoms with van der Waals surface area (Å²) in [5, 5.41) is 0.778. The van der Waals surface area contributed by atoms with Crippen LogP contribution in [0.1, 0.15) is 13.8 Å². The molecule has 0 saturated heterocycles. The van der Waals surface area contributed by atoms with Crippen LogP contribution in [0.2, 0.25) is 0 Å². The summed E-state index contributed by atoms with van der Waals surface area (Å²) in [6.07, 6.45) is 0. The van der Waals surface area contributed by atoms with Crippen LogP contribution in [0.25, 0.3) is 0 Å². The maximum absolute atomic E-state index is 9.44. The smallest absolute Gasteiger partial charge is 0.126 e. The molecule has 0 atom stereocenters. The Kier molecular flexibility index (Phi) is 103. The fourth-order valence-corrected chi connectivity index (χ4v) is 0. The average Bonchev–Trinajstić information content (AvgIpc) is 2.06. The van der Waals surface area contributed by atoms with Crippen molar-refractivity contribution in [3.63, 3.8) is 0 Å². The molecule has 0 aliphatic carbocycles. The zero-order valence-corrected chi connectivity index (χ0v) is 14.8. The third-order valence-electron chi connectivity index (χ3n) is 0. The van der Waals surface area contributed by atoms with Gasteiger partial charge in [0, 0.05) is 0 Å². The van der Waals surface area contributed by atoms with Crippen molar-refractivity contribution in [3.8, 4) is 0 Å². The Balaban J connectivity index is -0.0000000317. The molecule has 0 fully saturated rings. The minimum Gasteiger partial charge on any atom is -0.300 e.